The fraction of sp³-hybridized carbons (Fsp3) is 0.625. The summed E-state index contributed by atoms with van der Waals surface area (Å²) in [6.07, 6.45) is 2.05. The van der Waals surface area contributed by atoms with Crippen molar-refractivity contribution in [1.82, 2.24) is 5.01 Å². The molecule has 0 rings (SSSR count). The van der Waals surface area contributed by atoms with Crippen molar-refractivity contribution in [2.45, 2.75) is 20.8 Å². The first-order valence-electron chi connectivity index (χ1n) is 3.50. The van der Waals surface area contributed by atoms with Crippen molar-refractivity contribution in [3.05, 3.63) is 11.8 Å². The standard InChI is InChI=1S/C8H16N2/c1-6-8(7(2)3)10(5)9-4/h6-7H,4H2,1-3,5H3/b8-6-. The molecule has 0 amide bonds. The van der Waals surface area contributed by atoms with Crippen LogP contribution in [0.1, 0.15) is 20.8 Å². The van der Waals surface area contributed by atoms with Crippen LogP contribution in [0.5, 0.6) is 0 Å². The SMILES string of the molecule is C=NN(C)/C(=C\C)C(C)C. The van der Waals surface area contributed by atoms with Crippen LogP contribution in [0.15, 0.2) is 16.9 Å². The van der Waals surface area contributed by atoms with E-state index >= 15 is 0 Å². The highest BCUT2D eigenvalue weighted by atomic mass is 15.4. The topological polar surface area (TPSA) is 15.6 Å². The first kappa shape index (κ1) is 9.21. The Kier molecular flexibility index (Phi) is 3.77. The van der Waals surface area contributed by atoms with Gasteiger partial charge in [-0.05, 0) is 12.8 Å². The van der Waals surface area contributed by atoms with Crippen molar-refractivity contribution < 1.29 is 0 Å². The van der Waals surface area contributed by atoms with Crippen LogP contribution in [0, 0.1) is 5.92 Å². The van der Waals surface area contributed by atoms with Crippen molar-refractivity contribution in [2.24, 2.45) is 11.0 Å². The van der Waals surface area contributed by atoms with Crippen LogP contribution >= 0.6 is 0 Å². The average molecular weight is 140 g/mol. The minimum atomic E-state index is 0.514. The monoisotopic (exact) mass is 140 g/mol. The average Bonchev–Trinajstić information content (AvgIpc) is 1.88. The van der Waals surface area contributed by atoms with Gasteiger partial charge in [0.05, 0.1) is 0 Å². The molecular formula is C8H16N2. The van der Waals surface area contributed by atoms with Crippen LogP contribution in [-0.2, 0) is 0 Å². The molecule has 0 atom stereocenters. The number of allylic oxidation sites excluding steroid dienone is 2. The second kappa shape index (κ2) is 4.09. The molecule has 0 fully saturated rings. The summed E-state index contributed by atoms with van der Waals surface area (Å²) in [4.78, 5) is 0. The third-order valence-corrected chi connectivity index (χ3v) is 1.47. The van der Waals surface area contributed by atoms with E-state index < -0.39 is 0 Å². The molecule has 0 aliphatic rings. The Bertz CT molecular complexity index is 136. The van der Waals surface area contributed by atoms with Gasteiger partial charge >= 0.3 is 0 Å². The van der Waals surface area contributed by atoms with E-state index in [1.165, 1.54) is 5.70 Å². The Morgan fingerprint density at radius 3 is 2.20 bits per heavy atom. The molecule has 0 aromatic carbocycles. The lowest BCUT2D eigenvalue weighted by atomic mass is 10.1. The van der Waals surface area contributed by atoms with Gasteiger partial charge in [-0.2, -0.15) is 5.10 Å². The van der Waals surface area contributed by atoms with Crippen LogP contribution in [0.25, 0.3) is 0 Å². The number of hydrogen-bond donors (Lipinski definition) is 0. The zero-order valence-electron chi connectivity index (χ0n) is 7.26. The zero-order chi connectivity index (χ0) is 8.15. The predicted molar refractivity (Wildman–Crippen MR) is 45.9 cm³/mol. The number of nitrogens with zero attached hydrogens (tertiary/aromatic N) is 2. The molecule has 2 nitrogen and oxygen atoms in total. The second-order valence-electron chi connectivity index (χ2n) is 2.53. The highest BCUT2D eigenvalue weighted by molar-refractivity contribution is 5.23. The van der Waals surface area contributed by atoms with Crippen LogP contribution in [0.2, 0.25) is 0 Å². The van der Waals surface area contributed by atoms with Gasteiger partial charge in [0.2, 0.25) is 0 Å². The maximum absolute atomic E-state index is 3.80. The van der Waals surface area contributed by atoms with Crippen molar-refractivity contribution in [2.75, 3.05) is 7.05 Å². The van der Waals surface area contributed by atoms with Gasteiger partial charge < -0.3 is 0 Å². The molecule has 0 saturated heterocycles. The van der Waals surface area contributed by atoms with Crippen molar-refractivity contribution >= 4 is 6.72 Å². The summed E-state index contributed by atoms with van der Waals surface area (Å²) >= 11 is 0. The maximum atomic E-state index is 3.80. The van der Waals surface area contributed by atoms with Crippen molar-refractivity contribution in [3.8, 4) is 0 Å². The molecule has 0 radical (unpaired) electrons. The molecule has 2 heteroatoms. The van der Waals surface area contributed by atoms with Crippen LogP contribution < -0.4 is 0 Å². The molecule has 0 spiro atoms. The lowest BCUT2D eigenvalue weighted by Gasteiger charge is -2.19. The lowest BCUT2D eigenvalue weighted by Crippen LogP contribution is -2.14. The van der Waals surface area contributed by atoms with Crippen molar-refractivity contribution in [3.63, 3.8) is 0 Å². The fourth-order valence-corrected chi connectivity index (χ4v) is 0.975. The van der Waals surface area contributed by atoms with E-state index in [1.807, 2.05) is 14.0 Å². The van der Waals surface area contributed by atoms with E-state index in [1.54, 1.807) is 5.01 Å². The molecule has 0 aromatic heterocycles. The van der Waals surface area contributed by atoms with E-state index in [0.717, 1.165) is 0 Å². The van der Waals surface area contributed by atoms with Gasteiger partial charge in [0, 0.05) is 19.5 Å². The van der Waals surface area contributed by atoms with Crippen LogP contribution in [0.4, 0.5) is 0 Å². The Balaban J connectivity index is 4.22. The molecule has 0 unspecified atom stereocenters. The summed E-state index contributed by atoms with van der Waals surface area (Å²) in [6.45, 7) is 9.73. The first-order valence-corrected chi connectivity index (χ1v) is 3.50. The minimum Gasteiger partial charge on any atom is -0.273 e. The molecule has 58 valence electrons. The number of rotatable bonds is 3. The van der Waals surface area contributed by atoms with E-state index in [9.17, 15) is 0 Å². The van der Waals surface area contributed by atoms with E-state index in [2.05, 4.69) is 31.7 Å². The Morgan fingerprint density at radius 1 is 1.60 bits per heavy atom. The van der Waals surface area contributed by atoms with Crippen LogP contribution in [0.3, 0.4) is 0 Å². The molecular weight excluding hydrogens is 124 g/mol. The molecule has 0 N–H and O–H groups in total. The Labute approximate surface area is 63.2 Å². The van der Waals surface area contributed by atoms with Gasteiger partial charge in [-0.25, -0.2) is 0 Å². The van der Waals surface area contributed by atoms with Gasteiger partial charge in [-0.15, -0.1) is 0 Å². The smallest absolute Gasteiger partial charge is 0.0347 e. The van der Waals surface area contributed by atoms with Crippen molar-refractivity contribution in [1.29, 1.82) is 0 Å². The number of hydrogen-bond acceptors (Lipinski definition) is 2. The summed E-state index contributed by atoms with van der Waals surface area (Å²) in [6, 6.07) is 0. The summed E-state index contributed by atoms with van der Waals surface area (Å²) in [5.74, 6) is 0.514. The third-order valence-electron chi connectivity index (χ3n) is 1.47. The Morgan fingerprint density at radius 2 is 2.10 bits per heavy atom. The molecule has 0 aliphatic carbocycles. The molecule has 0 aliphatic heterocycles. The second-order valence-corrected chi connectivity index (χ2v) is 2.53. The normalized spacial score (nSPS) is 11.9. The highest BCUT2D eigenvalue weighted by Crippen LogP contribution is 2.12. The summed E-state index contributed by atoms with van der Waals surface area (Å²) in [5.41, 5.74) is 1.20. The van der Waals surface area contributed by atoms with Gasteiger partial charge in [-0.1, -0.05) is 19.9 Å². The fourth-order valence-electron chi connectivity index (χ4n) is 0.975. The van der Waals surface area contributed by atoms with Gasteiger partial charge in [-0.3, -0.25) is 5.01 Å². The zero-order valence-corrected chi connectivity index (χ0v) is 7.26. The molecule has 0 saturated carbocycles. The van der Waals surface area contributed by atoms with E-state index in [0.29, 0.717) is 5.92 Å². The minimum absolute atomic E-state index is 0.514. The first-order chi connectivity index (χ1) is 4.63. The molecule has 10 heavy (non-hydrogen) atoms. The van der Waals surface area contributed by atoms with Gasteiger partial charge in [0.1, 0.15) is 0 Å². The quantitative estimate of drug-likeness (QED) is 0.433. The van der Waals surface area contributed by atoms with Gasteiger partial charge in [0.25, 0.3) is 0 Å². The summed E-state index contributed by atoms with van der Waals surface area (Å²) in [7, 11) is 1.91. The number of hydrazone groups is 1. The maximum Gasteiger partial charge on any atom is 0.0347 e. The van der Waals surface area contributed by atoms with E-state index in [-0.39, 0.29) is 0 Å². The van der Waals surface area contributed by atoms with Gasteiger partial charge in [0.15, 0.2) is 0 Å². The molecule has 0 bridgehead atoms. The molecule has 0 heterocycles. The van der Waals surface area contributed by atoms with Crippen LogP contribution in [-0.4, -0.2) is 18.8 Å². The molecule has 0 aromatic rings. The lowest BCUT2D eigenvalue weighted by molar-refractivity contribution is 0.397. The summed E-state index contributed by atoms with van der Waals surface area (Å²) < 4.78 is 0. The Hall–Kier alpha value is -0.790. The highest BCUT2D eigenvalue weighted by Gasteiger charge is 2.04. The predicted octanol–water partition coefficient (Wildman–Crippen LogP) is 2.09. The van der Waals surface area contributed by atoms with E-state index in [4.69, 9.17) is 0 Å². The summed E-state index contributed by atoms with van der Waals surface area (Å²) in [5, 5.41) is 5.59. The largest absolute Gasteiger partial charge is 0.273 e. The third kappa shape index (κ3) is 2.21.